The molecule has 0 radical (unpaired) electrons. The van der Waals surface area contributed by atoms with E-state index in [1.165, 1.54) is 84.0 Å². The van der Waals surface area contributed by atoms with Crippen molar-refractivity contribution in [1.29, 1.82) is 0 Å². The second kappa shape index (κ2) is 41.3. The Morgan fingerprint density at radius 1 is 0.593 bits per heavy atom. The lowest BCUT2D eigenvalue weighted by Gasteiger charge is -2.20. The summed E-state index contributed by atoms with van der Waals surface area (Å²) < 4.78 is 16.9. The summed E-state index contributed by atoms with van der Waals surface area (Å²) in [6, 6.07) is -0.869. The zero-order valence-electron chi connectivity index (χ0n) is 34.4. The molecule has 0 heterocycles. The van der Waals surface area contributed by atoms with Crippen LogP contribution in [0.15, 0.2) is 72.9 Å². The maximum Gasteiger partial charge on any atom is 0.329 e. The number of esters is 2. The van der Waals surface area contributed by atoms with Crippen molar-refractivity contribution in [2.24, 2.45) is 0 Å². The van der Waals surface area contributed by atoms with E-state index < -0.39 is 18.1 Å². The summed E-state index contributed by atoms with van der Waals surface area (Å²) >= 11 is 4.14. The van der Waals surface area contributed by atoms with Gasteiger partial charge in [-0.25, -0.2) is 4.79 Å². The predicted molar refractivity (Wildman–Crippen MR) is 231 cm³/mol. The fourth-order valence-electron chi connectivity index (χ4n) is 5.52. The molecule has 0 aliphatic carbocycles. The van der Waals surface area contributed by atoms with Crippen LogP contribution in [0.1, 0.15) is 162 Å². The van der Waals surface area contributed by atoms with E-state index in [-0.39, 0.29) is 37.3 Å². The van der Waals surface area contributed by atoms with Crippen LogP contribution in [0.5, 0.6) is 0 Å². The van der Waals surface area contributed by atoms with Gasteiger partial charge in [-0.3, -0.25) is 9.59 Å². The van der Waals surface area contributed by atoms with Gasteiger partial charge in [0.25, 0.3) is 0 Å². The van der Waals surface area contributed by atoms with E-state index in [2.05, 4.69) is 92.6 Å². The zero-order valence-corrected chi connectivity index (χ0v) is 35.3. The number of ether oxygens (including phenoxy) is 3. The van der Waals surface area contributed by atoms with E-state index >= 15 is 0 Å². The van der Waals surface area contributed by atoms with Gasteiger partial charge in [-0.05, 0) is 51.4 Å². The van der Waals surface area contributed by atoms with E-state index in [0.717, 1.165) is 51.4 Å². The van der Waals surface area contributed by atoms with Crippen molar-refractivity contribution < 1.29 is 28.6 Å². The smallest absolute Gasteiger partial charge is 0.329 e. The van der Waals surface area contributed by atoms with Crippen LogP contribution in [0.4, 0.5) is 0 Å². The predicted octanol–water partition coefficient (Wildman–Crippen LogP) is 11.9. The first-order valence-corrected chi connectivity index (χ1v) is 21.8. The second-order valence-corrected chi connectivity index (χ2v) is 14.2. The van der Waals surface area contributed by atoms with Crippen molar-refractivity contribution >= 4 is 30.5 Å². The molecule has 2 atom stereocenters. The molecule has 0 aromatic heterocycles. The number of rotatable bonds is 37. The third-order valence-corrected chi connectivity index (χ3v) is 8.98. The number of thiol groups is 1. The maximum absolute atomic E-state index is 12.6. The van der Waals surface area contributed by atoms with E-state index in [1.807, 2.05) is 12.2 Å². The molecule has 0 spiro atoms. The molecular weight excluding hydrogens is 695 g/mol. The molecule has 0 saturated carbocycles. The van der Waals surface area contributed by atoms with Crippen LogP contribution < -0.4 is 5.32 Å². The first-order valence-electron chi connectivity index (χ1n) is 21.2. The highest BCUT2D eigenvalue weighted by atomic mass is 32.1. The summed E-state index contributed by atoms with van der Waals surface area (Å²) in [5, 5.41) is 2.52. The van der Waals surface area contributed by atoms with Gasteiger partial charge in [-0.2, -0.15) is 12.6 Å². The molecule has 0 aromatic rings. The van der Waals surface area contributed by atoms with Crippen LogP contribution in [0, 0.1) is 0 Å². The number of nitrogens with one attached hydrogen (secondary N) is 1. The highest BCUT2D eigenvalue weighted by Gasteiger charge is 2.23. The number of allylic oxidation sites excluding steroid dienone is 12. The van der Waals surface area contributed by atoms with Crippen molar-refractivity contribution in [3.63, 3.8) is 0 Å². The van der Waals surface area contributed by atoms with Gasteiger partial charge in [0.1, 0.15) is 12.6 Å². The summed E-state index contributed by atoms with van der Waals surface area (Å²) in [7, 11) is 0. The van der Waals surface area contributed by atoms with E-state index in [1.54, 1.807) is 0 Å². The number of hydrogen-bond donors (Lipinski definition) is 2. The van der Waals surface area contributed by atoms with Crippen molar-refractivity contribution in [3.05, 3.63) is 72.9 Å². The van der Waals surface area contributed by atoms with Crippen molar-refractivity contribution in [1.82, 2.24) is 5.32 Å². The van der Waals surface area contributed by atoms with Crippen LogP contribution in [0.25, 0.3) is 0 Å². The minimum absolute atomic E-state index is 0.102. The minimum atomic E-state index is -0.869. The Morgan fingerprint density at radius 2 is 1.04 bits per heavy atom. The minimum Gasteiger partial charge on any atom is -0.460 e. The first-order chi connectivity index (χ1) is 26.4. The molecule has 0 aliphatic heterocycles. The van der Waals surface area contributed by atoms with Crippen LogP contribution >= 0.6 is 12.6 Å². The number of carbonyl (C=O) groups excluding carboxylic acids is 3. The SMILES string of the molecule is CCC=CCC=CCC=CCC=CCC=CCC=CCCC(=O)OC(COCCCCCCCCCCCCCCCC)COC(=O)C(CS)NC(C)=O. The number of unbranched alkanes of at least 4 members (excludes halogenated alkanes) is 13. The van der Waals surface area contributed by atoms with Gasteiger partial charge in [0, 0.05) is 25.7 Å². The quantitative estimate of drug-likeness (QED) is 0.0283. The molecule has 0 fully saturated rings. The molecular formula is C46H77NO6S. The maximum atomic E-state index is 12.6. The highest BCUT2D eigenvalue weighted by molar-refractivity contribution is 7.80. The first kappa shape index (κ1) is 51.2. The Morgan fingerprint density at radius 3 is 1.48 bits per heavy atom. The van der Waals surface area contributed by atoms with Crippen LogP contribution in [-0.2, 0) is 28.6 Å². The number of carbonyl (C=O) groups is 3. The summed E-state index contributed by atoms with van der Waals surface area (Å²) in [4.78, 5) is 36.6. The Kier molecular flexibility index (Phi) is 39.2. The molecule has 0 rings (SSSR count). The van der Waals surface area contributed by atoms with Crippen molar-refractivity contribution in [3.8, 4) is 0 Å². The fourth-order valence-corrected chi connectivity index (χ4v) is 5.76. The second-order valence-electron chi connectivity index (χ2n) is 13.8. The van der Waals surface area contributed by atoms with Crippen molar-refractivity contribution in [2.75, 3.05) is 25.6 Å². The van der Waals surface area contributed by atoms with Crippen LogP contribution in [-0.4, -0.2) is 55.6 Å². The van der Waals surface area contributed by atoms with Crippen LogP contribution in [0.3, 0.4) is 0 Å². The fraction of sp³-hybridized carbons (Fsp3) is 0.674. The van der Waals surface area contributed by atoms with Gasteiger partial charge in [0.15, 0.2) is 6.10 Å². The summed E-state index contributed by atoms with van der Waals surface area (Å²) in [5.41, 5.74) is 0. The molecule has 7 nitrogen and oxygen atoms in total. The number of amides is 1. The monoisotopic (exact) mass is 772 g/mol. The third-order valence-electron chi connectivity index (χ3n) is 8.61. The van der Waals surface area contributed by atoms with Crippen LogP contribution in [0.2, 0.25) is 0 Å². The molecule has 0 aromatic carbocycles. The van der Waals surface area contributed by atoms with Crippen molar-refractivity contribution in [2.45, 2.75) is 174 Å². The Labute approximate surface area is 336 Å². The van der Waals surface area contributed by atoms with Gasteiger partial charge < -0.3 is 19.5 Å². The molecule has 54 heavy (non-hydrogen) atoms. The zero-order chi connectivity index (χ0) is 39.6. The molecule has 308 valence electrons. The Balaban J connectivity index is 4.35. The van der Waals surface area contributed by atoms with Gasteiger partial charge >= 0.3 is 11.9 Å². The molecule has 0 bridgehead atoms. The van der Waals surface area contributed by atoms with Gasteiger partial charge in [0.05, 0.1) is 6.61 Å². The summed E-state index contributed by atoms with van der Waals surface area (Å²) in [6.07, 6.45) is 49.6. The lowest BCUT2D eigenvalue weighted by Crippen LogP contribution is -2.43. The van der Waals surface area contributed by atoms with E-state index in [4.69, 9.17) is 14.2 Å². The van der Waals surface area contributed by atoms with Gasteiger partial charge in [0.2, 0.25) is 5.91 Å². The largest absolute Gasteiger partial charge is 0.460 e. The lowest BCUT2D eigenvalue weighted by molar-refractivity contribution is -0.163. The topological polar surface area (TPSA) is 90.9 Å². The molecule has 1 amide bonds. The highest BCUT2D eigenvalue weighted by Crippen LogP contribution is 2.13. The summed E-state index contributed by atoms with van der Waals surface area (Å²) in [6.45, 7) is 6.30. The number of hydrogen-bond acceptors (Lipinski definition) is 7. The Bertz CT molecular complexity index is 1080. The van der Waals surface area contributed by atoms with E-state index in [0.29, 0.717) is 13.0 Å². The average molecular weight is 772 g/mol. The Hall–Kier alpha value is -2.84. The average Bonchev–Trinajstić information content (AvgIpc) is 3.16. The molecule has 0 saturated heterocycles. The summed E-state index contributed by atoms with van der Waals surface area (Å²) in [5.74, 6) is -1.24. The molecule has 0 aliphatic rings. The van der Waals surface area contributed by atoms with Gasteiger partial charge in [-0.1, -0.05) is 170 Å². The third kappa shape index (κ3) is 37.5. The lowest BCUT2D eigenvalue weighted by atomic mass is 10.0. The normalized spacial score (nSPS) is 13.3. The van der Waals surface area contributed by atoms with E-state index in [9.17, 15) is 14.4 Å². The van der Waals surface area contributed by atoms with Gasteiger partial charge in [-0.15, -0.1) is 0 Å². The molecule has 8 heteroatoms. The molecule has 2 unspecified atom stereocenters. The molecule has 1 N–H and O–H groups in total. The standard InChI is InChI=1S/C46H77NO6S/c1-4-6-8-10-12-14-16-18-20-21-22-23-24-25-27-29-31-33-35-37-45(49)53-43(40-52-46(50)44(41-54)47-42(3)48)39-51-38-36-34-32-30-28-26-19-17-15-13-11-9-7-5-2/h6,8,12,14,18,20,22-23,25,27,31,33,43-44,54H,4-5,7,9-11,13,15-17,19,21,24,26,28-30,32,34-41H2,1-3H3,(H,47,48).